The Morgan fingerprint density at radius 2 is 2.10 bits per heavy atom. The second kappa shape index (κ2) is 5.37. The van der Waals surface area contributed by atoms with Crippen molar-refractivity contribution in [3.8, 4) is 0 Å². The SMILES string of the molecule is Cc1c(C(=O)NOCC(F)(F)F)sc2cccc(F)c12. The minimum atomic E-state index is -4.53. The molecule has 108 valence electrons. The van der Waals surface area contributed by atoms with Crippen molar-refractivity contribution in [1.29, 1.82) is 0 Å². The number of benzene rings is 1. The molecule has 20 heavy (non-hydrogen) atoms. The molecule has 1 amide bonds. The maximum Gasteiger partial charge on any atom is 0.414 e. The molecule has 2 aromatic rings. The van der Waals surface area contributed by atoms with Crippen LogP contribution in [0.5, 0.6) is 0 Å². The molecule has 1 N–H and O–H groups in total. The molecule has 0 aliphatic heterocycles. The fourth-order valence-corrected chi connectivity index (χ4v) is 2.81. The molecular formula is C12H9F4NO2S. The van der Waals surface area contributed by atoms with Crippen LogP contribution >= 0.6 is 11.3 Å². The monoisotopic (exact) mass is 307 g/mol. The molecule has 0 aliphatic carbocycles. The van der Waals surface area contributed by atoms with Gasteiger partial charge in [-0.3, -0.25) is 9.63 Å². The second-order valence-electron chi connectivity index (χ2n) is 4.00. The van der Waals surface area contributed by atoms with Crippen LogP contribution in [0.2, 0.25) is 0 Å². The van der Waals surface area contributed by atoms with E-state index in [0.717, 1.165) is 11.3 Å². The molecule has 1 aromatic heterocycles. The first-order valence-electron chi connectivity index (χ1n) is 5.46. The van der Waals surface area contributed by atoms with Crippen LogP contribution in [0.15, 0.2) is 18.2 Å². The van der Waals surface area contributed by atoms with Crippen LogP contribution in [0.3, 0.4) is 0 Å². The lowest BCUT2D eigenvalue weighted by atomic mass is 10.1. The van der Waals surface area contributed by atoms with Gasteiger partial charge in [0.1, 0.15) is 5.82 Å². The van der Waals surface area contributed by atoms with Crippen molar-refractivity contribution < 1.29 is 27.2 Å². The van der Waals surface area contributed by atoms with E-state index in [1.165, 1.54) is 19.1 Å². The average Bonchev–Trinajstić information content (AvgIpc) is 2.66. The number of alkyl halides is 3. The number of amides is 1. The third kappa shape index (κ3) is 3.07. The summed E-state index contributed by atoms with van der Waals surface area (Å²) in [5.74, 6) is -1.31. The van der Waals surface area contributed by atoms with Gasteiger partial charge in [-0.15, -0.1) is 11.3 Å². The Kier molecular flexibility index (Phi) is 3.96. The zero-order valence-electron chi connectivity index (χ0n) is 10.2. The van der Waals surface area contributed by atoms with Gasteiger partial charge in [-0.2, -0.15) is 13.2 Å². The number of carbonyl (C=O) groups is 1. The van der Waals surface area contributed by atoms with E-state index >= 15 is 0 Å². The highest BCUT2D eigenvalue weighted by Crippen LogP contribution is 2.32. The molecule has 0 fully saturated rings. The summed E-state index contributed by atoms with van der Waals surface area (Å²) in [6.45, 7) is -0.0579. The predicted molar refractivity (Wildman–Crippen MR) is 66.0 cm³/mol. The Labute approximate surface area is 115 Å². The van der Waals surface area contributed by atoms with Crippen LogP contribution in [0.25, 0.3) is 10.1 Å². The quantitative estimate of drug-likeness (QED) is 0.695. The van der Waals surface area contributed by atoms with Gasteiger partial charge >= 0.3 is 6.18 Å². The summed E-state index contributed by atoms with van der Waals surface area (Å²) >= 11 is 0.991. The van der Waals surface area contributed by atoms with E-state index < -0.39 is 24.5 Å². The first kappa shape index (κ1) is 14.7. The summed E-state index contributed by atoms with van der Waals surface area (Å²) in [5, 5.41) is 0.290. The highest BCUT2D eigenvalue weighted by atomic mass is 32.1. The zero-order chi connectivity index (χ0) is 14.9. The summed E-state index contributed by atoms with van der Waals surface area (Å²) in [6, 6.07) is 4.38. The standard InChI is InChI=1S/C12H9F4NO2S/c1-6-9-7(13)3-2-4-8(9)20-10(6)11(18)17-19-5-12(14,15)16/h2-4H,5H2,1H3,(H,17,18). The van der Waals surface area contributed by atoms with Crippen molar-refractivity contribution in [2.75, 3.05) is 6.61 Å². The molecule has 8 heteroatoms. The fourth-order valence-electron chi connectivity index (χ4n) is 1.70. The predicted octanol–water partition coefficient (Wildman–Crippen LogP) is 3.57. The summed E-state index contributed by atoms with van der Waals surface area (Å²) in [6.07, 6.45) is -4.53. The van der Waals surface area contributed by atoms with Crippen molar-refractivity contribution in [2.45, 2.75) is 13.1 Å². The number of fused-ring (bicyclic) bond motifs is 1. The fraction of sp³-hybridized carbons (Fsp3) is 0.250. The summed E-state index contributed by atoms with van der Waals surface area (Å²) in [7, 11) is 0. The molecule has 0 spiro atoms. The number of rotatable bonds is 3. The lowest BCUT2D eigenvalue weighted by molar-refractivity contribution is -0.184. The molecule has 0 saturated carbocycles. The molecule has 2 rings (SSSR count). The normalized spacial score (nSPS) is 11.8. The number of carbonyl (C=O) groups excluding carboxylic acids is 1. The van der Waals surface area contributed by atoms with Gasteiger partial charge in [0.2, 0.25) is 0 Å². The van der Waals surface area contributed by atoms with Crippen molar-refractivity contribution in [2.24, 2.45) is 0 Å². The Hall–Kier alpha value is -1.67. The lowest BCUT2D eigenvalue weighted by Crippen LogP contribution is -2.29. The minimum Gasteiger partial charge on any atom is -0.266 e. The Morgan fingerprint density at radius 1 is 1.40 bits per heavy atom. The first-order valence-corrected chi connectivity index (χ1v) is 6.28. The summed E-state index contributed by atoms with van der Waals surface area (Å²) < 4.78 is 49.8. The molecule has 0 bridgehead atoms. The number of aryl methyl sites for hydroxylation is 1. The van der Waals surface area contributed by atoms with Crippen LogP contribution < -0.4 is 5.48 Å². The van der Waals surface area contributed by atoms with Gasteiger partial charge in [-0.1, -0.05) is 6.07 Å². The topological polar surface area (TPSA) is 38.3 Å². The Morgan fingerprint density at radius 3 is 2.70 bits per heavy atom. The molecule has 0 radical (unpaired) electrons. The smallest absolute Gasteiger partial charge is 0.266 e. The maximum atomic E-state index is 13.6. The van der Waals surface area contributed by atoms with Crippen LogP contribution in [0.1, 0.15) is 15.2 Å². The maximum absolute atomic E-state index is 13.6. The van der Waals surface area contributed by atoms with E-state index in [2.05, 4.69) is 4.84 Å². The van der Waals surface area contributed by atoms with Gasteiger partial charge < -0.3 is 0 Å². The van der Waals surface area contributed by atoms with E-state index in [4.69, 9.17) is 0 Å². The zero-order valence-corrected chi connectivity index (χ0v) is 11.0. The van der Waals surface area contributed by atoms with Crippen molar-refractivity contribution in [3.63, 3.8) is 0 Å². The largest absolute Gasteiger partial charge is 0.414 e. The number of hydrogen-bond acceptors (Lipinski definition) is 3. The number of halogens is 4. The first-order chi connectivity index (χ1) is 9.29. The Bertz CT molecular complexity index is 651. The number of thiophene rings is 1. The van der Waals surface area contributed by atoms with Crippen LogP contribution in [0.4, 0.5) is 17.6 Å². The van der Waals surface area contributed by atoms with Crippen molar-refractivity contribution in [1.82, 2.24) is 5.48 Å². The number of nitrogens with one attached hydrogen (secondary N) is 1. The van der Waals surface area contributed by atoms with E-state index in [9.17, 15) is 22.4 Å². The minimum absolute atomic E-state index is 0.118. The van der Waals surface area contributed by atoms with Crippen molar-refractivity contribution >= 4 is 27.3 Å². The van der Waals surface area contributed by atoms with Gasteiger partial charge in [0.15, 0.2) is 6.61 Å². The van der Waals surface area contributed by atoms with Crippen LogP contribution in [-0.4, -0.2) is 18.7 Å². The molecule has 0 aliphatic rings. The van der Waals surface area contributed by atoms with E-state index in [-0.39, 0.29) is 4.88 Å². The van der Waals surface area contributed by atoms with Gasteiger partial charge in [-0.05, 0) is 24.6 Å². The number of hydrogen-bond donors (Lipinski definition) is 1. The average molecular weight is 307 g/mol. The van der Waals surface area contributed by atoms with Gasteiger partial charge in [0, 0.05) is 10.1 Å². The highest BCUT2D eigenvalue weighted by molar-refractivity contribution is 7.21. The van der Waals surface area contributed by atoms with E-state index in [1.807, 2.05) is 0 Å². The highest BCUT2D eigenvalue weighted by Gasteiger charge is 2.28. The summed E-state index contributed by atoms with van der Waals surface area (Å²) in [5.41, 5.74) is 2.08. The van der Waals surface area contributed by atoms with Crippen LogP contribution in [-0.2, 0) is 4.84 Å². The molecule has 0 atom stereocenters. The van der Waals surface area contributed by atoms with E-state index in [1.54, 1.807) is 11.5 Å². The van der Waals surface area contributed by atoms with Gasteiger partial charge in [0.05, 0.1) is 4.88 Å². The molecular weight excluding hydrogens is 298 g/mol. The van der Waals surface area contributed by atoms with Crippen LogP contribution in [0, 0.1) is 12.7 Å². The molecule has 3 nitrogen and oxygen atoms in total. The third-order valence-corrected chi connectivity index (χ3v) is 3.77. The number of hydroxylamine groups is 1. The van der Waals surface area contributed by atoms with Gasteiger partial charge in [0.25, 0.3) is 5.91 Å². The Balaban J connectivity index is 2.19. The summed E-state index contributed by atoms with van der Waals surface area (Å²) in [4.78, 5) is 15.9. The molecule has 0 unspecified atom stereocenters. The molecule has 0 saturated heterocycles. The lowest BCUT2D eigenvalue weighted by Gasteiger charge is -2.07. The molecule has 1 aromatic carbocycles. The second-order valence-corrected chi connectivity index (χ2v) is 5.06. The third-order valence-electron chi connectivity index (χ3n) is 2.51. The van der Waals surface area contributed by atoms with E-state index in [0.29, 0.717) is 15.6 Å². The molecule has 1 heterocycles. The van der Waals surface area contributed by atoms with Gasteiger partial charge in [-0.25, -0.2) is 9.87 Å². The van der Waals surface area contributed by atoms with Crippen molar-refractivity contribution in [3.05, 3.63) is 34.5 Å².